The lowest BCUT2D eigenvalue weighted by atomic mass is 10.1. The zero-order valence-electron chi connectivity index (χ0n) is 14.0. The van der Waals surface area contributed by atoms with Gasteiger partial charge in [-0.1, -0.05) is 17.7 Å². The first kappa shape index (κ1) is 17.8. The lowest BCUT2D eigenvalue weighted by molar-refractivity contribution is -0.116. The Hall–Kier alpha value is -3.06. The normalized spacial score (nSPS) is 10.7. The Morgan fingerprint density at radius 2 is 2.00 bits per heavy atom. The Bertz CT molecular complexity index is 1070. The van der Waals surface area contributed by atoms with E-state index in [-0.39, 0.29) is 6.54 Å². The molecule has 0 unspecified atom stereocenters. The molecule has 3 aromatic rings. The number of aryl methyl sites for hydroxylation is 1. The molecule has 2 aromatic carbocycles. The number of benzene rings is 2. The first-order chi connectivity index (χ1) is 12.4. The Morgan fingerprint density at radius 1 is 1.23 bits per heavy atom. The summed E-state index contributed by atoms with van der Waals surface area (Å²) in [6, 6.07) is 9.56. The third kappa shape index (κ3) is 3.48. The minimum atomic E-state index is -0.655. The molecule has 8 heteroatoms. The van der Waals surface area contributed by atoms with Crippen LogP contribution >= 0.6 is 11.6 Å². The number of esters is 1. The fourth-order valence-corrected chi connectivity index (χ4v) is 2.69. The number of aromatic nitrogens is 1. The lowest BCUT2D eigenvalue weighted by Crippen LogP contribution is -2.25. The minimum Gasteiger partial charge on any atom is -0.465 e. The molecule has 7 nitrogen and oxygen atoms in total. The maximum Gasteiger partial charge on any atom is 0.420 e. The number of nitrogens with one attached hydrogen (secondary N) is 1. The number of hydrogen-bond acceptors (Lipinski definition) is 5. The van der Waals surface area contributed by atoms with E-state index < -0.39 is 17.6 Å². The largest absolute Gasteiger partial charge is 0.465 e. The number of carbonyl (C=O) groups is 2. The summed E-state index contributed by atoms with van der Waals surface area (Å²) in [7, 11) is 1.28. The molecule has 0 saturated carbocycles. The zero-order valence-corrected chi connectivity index (χ0v) is 14.8. The van der Waals surface area contributed by atoms with Crippen molar-refractivity contribution in [3.8, 4) is 0 Å². The van der Waals surface area contributed by atoms with Crippen molar-refractivity contribution in [3.63, 3.8) is 0 Å². The summed E-state index contributed by atoms with van der Waals surface area (Å²) in [4.78, 5) is 36.0. The molecule has 0 aliphatic rings. The van der Waals surface area contributed by atoms with Gasteiger partial charge in [0.05, 0.1) is 18.2 Å². The van der Waals surface area contributed by atoms with Gasteiger partial charge in [-0.3, -0.25) is 9.36 Å². The monoisotopic (exact) mass is 374 g/mol. The molecule has 0 saturated heterocycles. The van der Waals surface area contributed by atoms with Crippen LogP contribution in [-0.2, 0) is 16.1 Å². The maximum absolute atomic E-state index is 12.4. The van der Waals surface area contributed by atoms with Gasteiger partial charge in [-0.2, -0.15) is 0 Å². The molecule has 1 heterocycles. The molecule has 0 bridgehead atoms. The number of hydrogen-bond donors (Lipinski definition) is 1. The van der Waals surface area contributed by atoms with Crippen LogP contribution in [0.3, 0.4) is 0 Å². The number of halogens is 1. The van der Waals surface area contributed by atoms with Gasteiger partial charge in [0.25, 0.3) is 0 Å². The highest BCUT2D eigenvalue weighted by atomic mass is 35.5. The predicted molar refractivity (Wildman–Crippen MR) is 96.6 cm³/mol. The highest BCUT2D eigenvalue weighted by Crippen LogP contribution is 2.20. The number of amides is 1. The summed E-state index contributed by atoms with van der Waals surface area (Å²) in [6.45, 7) is 1.55. The third-order valence-electron chi connectivity index (χ3n) is 3.86. The number of fused-ring (bicyclic) bond motifs is 1. The summed E-state index contributed by atoms with van der Waals surface area (Å²) in [5.74, 6) is -1.60. The van der Waals surface area contributed by atoms with Gasteiger partial charge in [0.15, 0.2) is 5.58 Å². The highest BCUT2D eigenvalue weighted by Gasteiger charge is 2.15. The first-order valence-corrected chi connectivity index (χ1v) is 8.04. The van der Waals surface area contributed by atoms with Gasteiger partial charge in [-0.05, 0) is 36.8 Å². The number of carbonyl (C=O) groups excluding carboxylic acids is 2. The van der Waals surface area contributed by atoms with Crippen molar-refractivity contribution in [2.45, 2.75) is 13.5 Å². The van der Waals surface area contributed by atoms with Gasteiger partial charge in [0, 0.05) is 16.8 Å². The van der Waals surface area contributed by atoms with E-state index in [1.54, 1.807) is 31.2 Å². The molecule has 0 atom stereocenters. The van der Waals surface area contributed by atoms with Crippen LogP contribution in [0.25, 0.3) is 11.1 Å². The number of ether oxygens (including phenoxy) is 1. The fraction of sp³-hybridized carbons (Fsp3) is 0.167. The van der Waals surface area contributed by atoms with Gasteiger partial charge in [0.2, 0.25) is 5.91 Å². The van der Waals surface area contributed by atoms with E-state index in [1.807, 2.05) is 0 Å². The summed E-state index contributed by atoms with van der Waals surface area (Å²) in [5.41, 5.74) is 2.31. The quantitative estimate of drug-likeness (QED) is 0.709. The topological polar surface area (TPSA) is 90.5 Å². The van der Waals surface area contributed by atoms with Crippen molar-refractivity contribution in [1.82, 2.24) is 4.57 Å². The van der Waals surface area contributed by atoms with Crippen molar-refractivity contribution in [3.05, 3.63) is 63.1 Å². The van der Waals surface area contributed by atoms with Crippen molar-refractivity contribution < 1.29 is 18.7 Å². The number of rotatable bonds is 4. The summed E-state index contributed by atoms with van der Waals surface area (Å²) in [6.07, 6.45) is 0. The third-order valence-corrected chi connectivity index (χ3v) is 4.10. The van der Waals surface area contributed by atoms with Crippen LogP contribution in [0.15, 0.2) is 45.6 Å². The molecule has 1 amide bonds. The first-order valence-electron chi connectivity index (χ1n) is 7.67. The van der Waals surface area contributed by atoms with Gasteiger partial charge < -0.3 is 14.5 Å². The summed E-state index contributed by atoms with van der Waals surface area (Å²) >= 11 is 5.87. The molecule has 0 radical (unpaired) electrons. The second-order valence-corrected chi connectivity index (χ2v) is 6.07. The van der Waals surface area contributed by atoms with E-state index >= 15 is 0 Å². The molecule has 0 spiro atoms. The van der Waals surface area contributed by atoms with E-state index in [2.05, 4.69) is 10.1 Å². The second kappa shape index (κ2) is 7.05. The lowest BCUT2D eigenvalue weighted by Gasteiger charge is -2.10. The van der Waals surface area contributed by atoms with Gasteiger partial charge >= 0.3 is 11.7 Å². The Balaban J connectivity index is 1.85. The number of methoxy groups -OCH3 is 1. The van der Waals surface area contributed by atoms with Crippen LogP contribution in [0.4, 0.5) is 5.69 Å². The number of anilines is 1. The highest BCUT2D eigenvalue weighted by molar-refractivity contribution is 6.31. The Labute approximate surface area is 153 Å². The van der Waals surface area contributed by atoms with Crippen LogP contribution in [0.2, 0.25) is 5.02 Å². The van der Waals surface area contributed by atoms with Gasteiger partial charge in [-0.15, -0.1) is 0 Å². The minimum absolute atomic E-state index is 0.241. The Morgan fingerprint density at radius 3 is 2.73 bits per heavy atom. The van der Waals surface area contributed by atoms with Crippen LogP contribution in [0.1, 0.15) is 15.9 Å². The molecule has 26 heavy (non-hydrogen) atoms. The zero-order chi connectivity index (χ0) is 18.8. The smallest absolute Gasteiger partial charge is 0.420 e. The summed E-state index contributed by atoms with van der Waals surface area (Å²) in [5, 5.41) is 3.13. The molecule has 134 valence electrons. The van der Waals surface area contributed by atoms with Crippen molar-refractivity contribution in [2.24, 2.45) is 0 Å². The van der Waals surface area contributed by atoms with Crippen LogP contribution in [-0.4, -0.2) is 23.6 Å². The molecular formula is C18H15ClN2O5. The summed E-state index contributed by atoms with van der Waals surface area (Å²) < 4.78 is 11.0. The molecule has 1 N–H and O–H groups in total. The number of oxazole rings is 1. The maximum atomic E-state index is 12.4. The molecule has 0 fully saturated rings. The second-order valence-electron chi connectivity index (χ2n) is 5.64. The standard InChI is InChI=1S/C18H15ClN2O5/c1-10-3-4-11(17(23)25-2)7-13(10)20-16(22)9-21-14-6-5-12(19)8-15(14)26-18(21)24/h3-8H,9H2,1-2H3,(H,20,22). The van der Waals surface area contributed by atoms with Crippen LogP contribution in [0, 0.1) is 6.92 Å². The Kier molecular flexibility index (Phi) is 4.81. The molecule has 3 rings (SSSR count). The molecule has 0 aliphatic heterocycles. The van der Waals surface area contributed by atoms with E-state index in [9.17, 15) is 14.4 Å². The van der Waals surface area contributed by atoms with E-state index in [1.165, 1.54) is 23.8 Å². The van der Waals surface area contributed by atoms with Crippen molar-refractivity contribution in [1.29, 1.82) is 0 Å². The SMILES string of the molecule is COC(=O)c1ccc(C)c(NC(=O)Cn2c(=O)oc3cc(Cl)ccc32)c1. The van der Waals surface area contributed by atoms with Crippen LogP contribution in [0.5, 0.6) is 0 Å². The predicted octanol–water partition coefficient (Wildman–Crippen LogP) is 2.98. The fourth-order valence-electron chi connectivity index (χ4n) is 2.52. The molecule has 1 aromatic heterocycles. The molecular weight excluding hydrogens is 360 g/mol. The van der Waals surface area contributed by atoms with E-state index in [0.717, 1.165) is 5.56 Å². The van der Waals surface area contributed by atoms with Gasteiger partial charge in [-0.25, -0.2) is 9.59 Å². The average molecular weight is 375 g/mol. The van der Waals surface area contributed by atoms with Gasteiger partial charge in [0.1, 0.15) is 6.54 Å². The van der Waals surface area contributed by atoms with Crippen molar-refractivity contribution >= 4 is 40.3 Å². The number of nitrogens with zero attached hydrogens (tertiary/aromatic N) is 1. The van der Waals surface area contributed by atoms with E-state index in [4.69, 9.17) is 16.0 Å². The molecule has 0 aliphatic carbocycles. The van der Waals surface area contributed by atoms with Crippen molar-refractivity contribution in [2.75, 3.05) is 12.4 Å². The average Bonchev–Trinajstić information content (AvgIpc) is 2.90. The van der Waals surface area contributed by atoms with E-state index in [0.29, 0.717) is 27.4 Å². The van der Waals surface area contributed by atoms with Crippen LogP contribution < -0.4 is 11.1 Å².